The molecule has 0 radical (unpaired) electrons. The van der Waals surface area contributed by atoms with Crippen molar-refractivity contribution in [3.05, 3.63) is 57.1 Å². The summed E-state index contributed by atoms with van der Waals surface area (Å²) in [5.74, 6) is 1.75. The van der Waals surface area contributed by atoms with Crippen molar-refractivity contribution in [2.75, 3.05) is 19.8 Å². The van der Waals surface area contributed by atoms with Crippen LogP contribution in [0, 0.1) is 6.92 Å². The summed E-state index contributed by atoms with van der Waals surface area (Å²) in [5, 5.41) is 3.64. The molecule has 0 bridgehead atoms. The van der Waals surface area contributed by atoms with Crippen LogP contribution in [0.15, 0.2) is 34.8 Å². The molecular weight excluding hydrogens is 342 g/mol. The van der Waals surface area contributed by atoms with E-state index in [2.05, 4.69) is 58.5 Å². The second-order valence-electron chi connectivity index (χ2n) is 5.89. The van der Waals surface area contributed by atoms with Gasteiger partial charge in [0.25, 0.3) is 0 Å². The lowest BCUT2D eigenvalue weighted by molar-refractivity contribution is 0.171. The van der Waals surface area contributed by atoms with E-state index in [-0.39, 0.29) is 6.04 Å². The van der Waals surface area contributed by atoms with Crippen molar-refractivity contribution in [1.29, 1.82) is 0 Å². The molecule has 1 N–H and O–H groups in total. The molecule has 0 aliphatic carbocycles. The summed E-state index contributed by atoms with van der Waals surface area (Å²) in [6.07, 6.45) is 1.02. The molecular formula is C18H18BrNO2. The first-order valence-electron chi connectivity index (χ1n) is 7.63. The Morgan fingerprint density at radius 1 is 1.05 bits per heavy atom. The average Bonchev–Trinajstić information content (AvgIpc) is 2.51. The van der Waals surface area contributed by atoms with Crippen molar-refractivity contribution in [3.63, 3.8) is 0 Å². The maximum absolute atomic E-state index is 5.76. The number of hydrogen-bond donors (Lipinski definition) is 1. The number of nitrogens with one attached hydrogen (secondary N) is 1. The third kappa shape index (κ3) is 2.50. The smallest absolute Gasteiger partial charge is 0.161 e. The van der Waals surface area contributed by atoms with Gasteiger partial charge in [-0.3, -0.25) is 0 Å². The van der Waals surface area contributed by atoms with E-state index in [1.807, 2.05) is 0 Å². The molecule has 4 rings (SSSR count). The molecule has 4 heteroatoms. The molecule has 2 heterocycles. The average molecular weight is 360 g/mol. The van der Waals surface area contributed by atoms with Crippen molar-refractivity contribution in [2.24, 2.45) is 0 Å². The monoisotopic (exact) mass is 359 g/mol. The fourth-order valence-electron chi connectivity index (χ4n) is 3.32. The fourth-order valence-corrected chi connectivity index (χ4v) is 3.95. The summed E-state index contributed by atoms with van der Waals surface area (Å²) in [5.41, 5.74) is 5.19. The van der Waals surface area contributed by atoms with Crippen LogP contribution in [-0.4, -0.2) is 19.8 Å². The molecule has 22 heavy (non-hydrogen) atoms. The Hall–Kier alpha value is -1.52. The molecule has 0 spiro atoms. The maximum atomic E-state index is 5.76. The van der Waals surface area contributed by atoms with Gasteiger partial charge in [0.2, 0.25) is 0 Å². The molecule has 2 aliphatic rings. The molecule has 0 fully saturated rings. The summed E-state index contributed by atoms with van der Waals surface area (Å²) < 4.78 is 12.6. The van der Waals surface area contributed by atoms with Gasteiger partial charge in [0.15, 0.2) is 11.5 Å². The van der Waals surface area contributed by atoms with Crippen LogP contribution in [0.2, 0.25) is 0 Å². The number of benzene rings is 2. The van der Waals surface area contributed by atoms with Gasteiger partial charge in [-0.05, 0) is 59.9 Å². The standard InChI is InChI=1S/C18H18BrNO2/c1-11-6-13(8-14(19)7-11)18-15-10-17-16(21-4-5-22-17)9-12(15)2-3-20-18/h6-10,18,20H,2-5H2,1H3. The molecule has 0 aromatic heterocycles. The second-order valence-corrected chi connectivity index (χ2v) is 6.81. The van der Waals surface area contributed by atoms with Gasteiger partial charge in [0.05, 0.1) is 6.04 Å². The van der Waals surface area contributed by atoms with Gasteiger partial charge in [0.1, 0.15) is 13.2 Å². The van der Waals surface area contributed by atoms with Gasteiger partial charge < -0.3 is 14.8 Å². The van der Waals surface area contributed by atoms with Crippen molar-refractivity contribution in [1.82, 2.24) is 5.32 Å². The molecule has 0 saturated carbocycles. The maximum Gasteiger partial charge on any atom is 0.161 e. The Kier molecular flexibility index (Phi) is 3.59. The van der Waals surface area contributed by atoms with Gasteiger partial charge >= 0.3 is 0 Å². The molecule has 0 amide bonds. The van der Waals surface area contributed by atoms with E-state index in [0.717, 1.165) is 28.9 Å². The largest absolute Gasteiger partial charge is 0.486 e. The van der Waals surface area contributed by atoms with E-state index in [4.69, 9.17) is 9.47 Å². The Morgan fingerprint density at radius 3 is 2.59 bits per heavy atom. The van der Waals surface area contributed by atoms with E-state index >= 15 is 0 Å². The van der Waals surface area contributed by atoms with Crippen LogP contribution < -0.4 is 14.8 Å². The topological polar surface area (TPSA) is 30.5 Å². The molecule has 1 atom stereocenters. The van der Waals surface area contributed by atoms with Crippen molar-refractivity contribution in [2.45, 2.75) is 19.4 Å². The summed E-state index contributed by atoms with van der Waals surface area (Å²) in [6, 6.07) is 11.1. The molecule has 114 valence electrons. The molecule has 0 saturated heterocycles. The predicted molar refractivity (Wildman–Crippen MR) is 89.9 cm³/mol. The van der Waals surface area contributed by atoms with Gasteiger partial charge in [-0.1, -0.05) is 22.0 Å². The predicted octanol–water partition coefficient (Wildman–Crippen LogP) is 3.76. The number of fused-ring (bicyclic) bond motifs is 2. The van der Waals surface area contributed by atoms with Crippen LogP contribution in [0.25, 0.3) is 0 Å². The molecule has 1 unspecified atom stereocenters. The number of aryl methyl sites for hydroxylation is 1. The number of hydrogen-bond acceptors (Lipinski definition) is 3. The Bertz CT molecular complexity index is 709. The van der Waals surface area contributed by atoms with E-state index in [0.29, 0.717) is 13.2 Å². The first kappa shape index (κ1) is 14.1. The zero-order valence-corrected chi connectivity index (χ0v) is 14.1. The lowest BCUT2D eigenvalue weighted by Crippen LogP contribution is -2.31. The first-order valence-corrected chi connectivity index (χ1v) is 8.43. The van der Waals surface area contributed by atoms with Crippen molar-refractivity contribution >= 4 is 15.9 Å². The SMILES string of the molecule is Cc1cc(Br)cc(C2NCCc3cc4c(cc32)OCCO4)c1. The van der Waals surface area contributed by atoms with Gasteiger partial charge in [-0.25, -0.2) is 0 Å². The highest BCUT2D eigenvalue weighted by atomic mass is 79.9. The minimum absolute atomic E-state index is 0.204. The third-order valence-electron chi connectivity index (χ3n) is 4.26. The number of rotatable bonds is 1. The van der Waals surface area contributed by atoms with Gasteiger partial charge in [-0.2, -0.15) is 0 Å². The zero-order chi connectivity index (χ0) is 15.1. The van der Waals surface area contributed by atoms with E-state index < -0.39 is 0 Å². The van der Waals surface area contributed by atoms with Crippen LogP contribution in [0.1, 0.15) is 28.3 Å². The highest BCUT2D eigenvalue weighted by Crippen LogP contribution is 2.39. The van der Waals surface area contributed by atoms with Gasteiger partial charge in [-0.15, -0.1) is 0 Å². The van der Waals surface area contributed by atoms with Crippen molar-refractivity contribution in [3.8, 4) is 11.5 Å². The summed E-state index contributed by atoms with van der Waals surface area (Å²) in [4.78, 5) is 0. The molecule has 2 aromatic carbocycles. The number of ether oxygens (including phenoxy) is 2. The highest BCUT2D eigenvalue weighted by Gasteiger charge is 2.25. The Morgan fingerprint density at radius 2 is 1.82 bits per heavy atom. The molecule has 2 aromatic rings. The Labute approximate surface area is 138 Å². The van der Waals surface area contributed by atoms with Crippen LogP contribution >= 0.6 is 15.9 Å². The minimum atomic E-state index is 0.204. The molecule has 3 nitrogen and oxygen atoms in total. The van der Waals surface area contributed by atoms with Crippen LogP contribution in [0.5, 0.6) is 11.5 Å². The third-order valence-corrected chi connectivity index (χ3v) is 4.71. The van der Waals surface area contributed by atoms with E-state index in [9.17, 15) is 0 Å². The van der Waals surface area contributed by atoms with E-state index in [1.165, 1.54) is 22.3 Å². The summed E-state index contributed by atoms with van der Waals surface area (Å²) >= 11 is 3.61. The van der Waals surface area contributed by atoms with Gasteiger partial charge in [0, 0.05) is 11.0 Å². The highest BCUT2D eigenvalue weighted by molar-refractivity contribution is 9.10. The fraction of sp³-hybridized carbons (Fsp3) is 0.333. The number of halogens is 1. The normalized spacial score (nSPS) is 19.6. The first-order chi connectivity index (χ1) is 10.7. The quantitative estimate of drug-likeness (QED) is 0.840. The summed E-state index contributed by atoms with van der Waals surface area (Å²) in [6.45, 7) is 4.36. The molecule has 2 aliphatic heterocycles. The lowest BCUT2D eigenvalue weighted by atomic mass is 9.89. The zero-order valence-electron chi connectivity index (χ0n) is 12.5. The Balaban J connectivity index is 1.81. The summed E-state index contributed by atoms with van der Waals surface area (Å²) in [7, 11) is 0. The van der Waals surface area contributed by atoms with Crippen LogP contribution in [-0.2, 0) is 6.42 Å². The van der Waals surface area contributed by atoms with Crippen LogP contribution in [0.4, 0.5) is 0 Å². The second kappa shape index (κ2) is 5.60. The van der Waals surface area contributed by atoms with E-state index in [1.54, 1.807) is 0 Å². The minimum Gasteiger partial charge on any atom is -0.486 e. The van der Waals surface area contributed by atoms with Crippen molar-refractivity contribution < 1.29 is 9.47 Å². The lowest BCUT2D eigenvalue weighted by Gasteiger charge is -2.30. The van der Waals surface area contributed by atoms with Crippen LogP contribution in [0.3, 0.4) is 0 Å².